The van der Waals surface area contributed by atoms with Crippen LogP contribution in [-0.2, 0) is 11.3 Å². The fraction of sp³-hybridized carbons (Fsp3) is 0.421. The van der Waals surface area contributed by atoms with Crippen LogP contribution in [0.1, 0.15) is 18.4 Å². The van der Waals surface area contributed by atoms with Crippen molar-refractivity contribution in [1.82, 2.24) is 10.3 Å². The first-order chi connectivity index (χ1) is 11.3. The standard InChI is InChI=1S/C19H24N2O2/c22-10-7-19(8-11-23-15-19)14-20-13-16-4-3-5-17(12-16)18-6-1-2-9-21-18/h1-6,9,12,20,22H,7-8,10-11,13-15H2. The monoisotopic (exact) mass is 312 g/mol. The molecule has 1 aromatic heterocycles. The van der Waals surface area contributed by atoms with E-state index in [0.29, 0.717) is 0 Å². The number of aliphatic hydroxyl groups is 1. The maximum atomic E-state index is 9.28. The Morgan fingerprint density at radius 3 is 2.91 bits per heavy atom. The van der Waals surface area contributed by atoms with Crippen LogP contribution < -0.4 is 5.32 Å². The van der Waals surface area contributed by atoms with Gasteiger partial charge in [0.25, 0.3) is 0 Å². The van der Waals surface area contributed by atoms with Crippen LogP contribution >= 0.6 is 0 Å². The number of aromatic nitrogens is 1. The largest absolute Gasteiger partial charge is 0.396 e. The maximum Gasteiger partial charge on any atom is 0.0702 e. The minimum atomic E-state index is 0.0906. The molecule has 2 aromatic rings. The van der Waals surface area contributed by atoms with Crippen LogP contribution in [0.3, 0.4) is 0 Å². The van der Waals surface area contributed by atoms with E-state index < -0.39 is 0 Å². The molecule has 0 saturated carbocycles. The van der Waals surface area contributed by atoms with Gasteiger partial charge in [0, 0.05) is 43.5 Å². The second-order valence-corrected chi connectivity index (χ2v) is 6.30. The second-order valence-electron chi connectivity index (χ2n) is 6.30. The van der Waals surface area contributed by atoms with Crippen LogP contribution in [0.25, 0.3) is 11.3 Å². The van der Waals surface area contributed by atoms with Crippen LogP contribution in [0.15, 0.2) is 48.7 Å². The highest BCUT2D eigenvalue weighted by Gasteiger charge is 2.33. The first-order valence-corrected chi connectivity index (χ1v) is 8.21. The molecule has 1 aliphatic rings. The first kappa shape index (κ1) is 16.1. The number of hydrogen-bond donors (Lipinski definition) is 2. The topological polar surface area (TPSA) is 54.4 Å². The zero-order valence-corrected chi connectivity index (χ0v) is 13.4. The molecule has 23 heavy (non-hydrogen) atoms. The molecule has 3 rings (SSSR count). The van der Waals surface area contributed by atoms with Crippen LogP contribution in [-0.4, -0.2) is 36.5 Å². The summed E-state index contributed by atoms with van der Waals surface area (Å²) >= 11 is 0. The maximum absolute atomic E-state index is 9.28. The fourth-order valence-electron chi connectivity index (χ4n) is 3.16. The number of nitrogens with zero attached hydrogens (tertiary/aromatic N) is 1. The van der Waals surface area contributed by atoms with Crippen LogP contribution in [0.2, 0.25) is 0 Å². The Balaban J connectivity index is 1.60. The predicted octanol–water partition coefficient (Wildman–Crippen LogP) is 2.63. The molecule has 2 N–H and O–H groups in total. The molecule has 0 aliphatic carbocycles. The third kappa shape index (κ3) is 4.16. The Morgan fingerprint density at radius 2 is 2.17 bits per heavy atom. The summed E-state index contributed by atoms with van der Waals surface area (Å²) in [6, 6.07) is 14.4. The SMILES string of the molecule is OCCC1(CNCc2cccc(-c3ccccn3)c2)CCOC1. The lowest BCUT2D eigenvalue weighted by Crippen LogP contribution is -2.35. The molecule has 1 atom stereocenters. The number of rotatable bonds is 7. The summed E-state index contributed by atoms with van der Waals surface area (Å²) < 4.78 is 5.53. The van der Waals surface area contributed by atoms with Crippen molar-refractivity contribution < 1.29 is 9.84 Å². The molecule has 1 unspecified atom stereocenters. The number of hydrogen-bond acceptors (Lipinski definition) is 4. The zero-order valence-electron chi connectivity index (χ0n) is 13.4. The molecular formula is C19H24N2O2. The van der Waals surface area contributed by atoms with E-state index in [-0.39, 0.29) is 12.0 Å². The summed E-state index contributed by atoms with van der Waals surface area (Å²) in [5, 5.41) is 12.8. The summed E-state index contributed by atoms with van der Waals surface area (Å²) in [6.07, 6.45) is 3.64. The van der Waals surface area contributed by atoms with Gasteiger partial charge in [0.15, 0.2) is 0 Å². The van der Waals surface area contributed by atoms with Crippen molar-refractivity contribution in [3.63, 3.8) is 0 Å². The summed E-state index contributed by atoms with van der Waals surface area (Å²) in [5.74, 6) is 0. The van der Waals surface area contributed by atoms with E-state index in [2.05, 4.69) is 34.6 Å². The van der Waals surface area contributed by atoms with E-state index in [1.165, 1.54) is 5.56 Å². The van der Waals surface area contributed by atoms with E-state index in [4.69, 9.17) is 4.74 Å². The van der Waals surface area contributed by atoms with Gasteiger partial charge in [-0.05, 0) is 36.6 Å². The van der Waals surface area contributed by atoms with E-state index in [9.17, 15) is 5.11 Å². The average Bonchev–Trinajstić information content (AvgIpc) is 3.05. The highest BCUT2D eigenvalue weighted by molar-refractivity contribution is 5.59. The van der Waals surface area contributed by atoms with Crippen molar-refractivity contribution in [2.24, 2.45) is 5.41 Å². The molecule has 1 aromatic carbocycles. The van der Waals surface area contributed by atoms with Gasteiger partial charge < -0.3 is 15.2 Å². The van der Waals surface area contributed by atoms with Crippen molar-refractivity contribution >= 4 is 0 Å². The minimum absolute atomic E-state index is 0.0906. The Hall–Kier alpha value is -1.75. The summed E-state index contributed by atoms with van der Waals surface area (Å²) in [4.78, 5) is 4.40. The molecular weight excluding hydrogens is 288 g/mol. The molecule has 0 bridgehead atoms. The van der Waals surface area contributed by atoms with Crippen molar-refractivity contribution in [3.8, 4) is 11.3 Å². The van der Waals surface area contributed by atoms with Gasteiger partial charge in [-0.2, -0.15) is 0 Å². The van der Waals surface area contributed by atoms with Gasteiger partial charge in [-0.25, -0.2) is 0 Å². The molecule has 1 saturated heterocycles. The average molecular weight is 312 g/mol. The Kier molecular flexibility index (Phi) is 5.39. The first-order valence-electron chi connectivity index (χ1n) is 8.21. The summed E-state index contributed by atoms with van der Waals surface area (Å²) in [7, 11) is 0. The van der Waals surface area contributed by atoms with Gasteiger partial charge >= 0.3 is 0 Å². The van der Waals surface area contributed by atoms with Gasteiger partial charge in [0.05, 0.1) is 12.3 Å². The Morgan fingerprint density at radius 1 is 1.22 bits per heavy atom. The lowest BCUT2D eigenvalue weighted by Gasteiger charge is -2.26. The smallest absolute Gasteiger partial charge is 0.0702 e. The predicted molar refractivity (Wildman–Crippen MR) is 91.0 cm³/mol. The van der Waals surface area contributed by atoms with Gasteiger partial charge in [-0.3, -0.25) is 4.98 Å². The molecule has 0 radical (unpaired) electrons. The van der Waals surface area contributed by atoms with E-state index in [1.54, 1.807) is 0 Å². The highest BCUT2D eigenvalue weighted by Crippen LogP contribution is 2.31. The molecule has 2 heterocycles. The van der Waals surface area contributed by atoms with Crippen molar-refractivity contribution in [3.05, 3.63) is 54.2 Å². The van der Waals surface area contributed by atoms with Crippen LogP contribution in [0, 0.1) is 5.41 Å². The van der Waals surface area contributed by atoms with Crippen LogP contribution in [0.4, 0.5) is 0 Å². The lowest BCUT2D eigenvalue weighted by molar-refractivity contribution is 0.124. The Bertz CT molecular complexity index is 610. The van der Waals surface area contributed by atoms with Gasteiger partial charge in [-0.15, -0.1) is 0 Å². The molecule has 0 spiro atoms. The third-order valence-corrected chi connectivity index (χ3v) is 4.54. The van der Waals surface area contributed by atoms with Crippen LogP contribution in [0.5, 0.6) is 0 Å². The van der Waals surface area contributed by atoms with Crippen molar-refractivity contribution in [1.29, 1.82) is 0 Å². The van der Waals surface area contributed by atoms with Crippen molar-refractivity contribution in [2.75, 3.05) is 26.4 Å². The number of aliphatic hydroxyl groups excluding tert-OH is 1. The normalized spacial score (nSPS) is 20.7. The highest BCUT2D eigenvalue weighted by atomic mass is 16.5. The van der Waals surface area contributed by atoms with E-state index in [0.717, 1.165) is 50.4 Å². The van der Waals surface area contributed by atoms with Gasteiger partial charge in [-0.1, -0.05) is 24.3 Å². The quantitative estimate of drug-likeness (QED) is 0.825. The third-order valence-electron chi connectivity index (χ3n) is 4.54. The summed E-state index contributed by atoms with van der Waals surface area (Å²) in [6.45, 7) is 3.46. The fourth-order valence-corrected chi connectivity index (χ4v) is 3.16. The number of ether oxygens (including phenoxy) is 1. The van der Waals surface area contributed by atoms with E-state index >= 15 is 0 Å². The molecule has 1 aliphatic heterocycles. The van der Waals surface area contributed by atoms with Gasteiger partial charge in [0.1, 0.15) is 0 Å². The minimum Gasteiger partial charge on any atom is -0.396 e. The molecule has 0 amide bonds. The molecule has 4 heteroatoms. The zero-order chi connectivity index (χ0) is 16.0. The number of nitrogens with one attached hydrogen (secondary N) is 1. The lowest BCUT2D eigenvalue weighted by atomic mass is 9.84. The molecule has 4 nitrogen and oxygen atoms in total. The van der Waals surface area contributed by atoms with Crippen molar-refractivity contribution in [2.45, 2.75) is 19.4 Å². The second kappa shape index (κ2) is 7.68. The Labute approximate surface area is 137 Å². The van der Waals surface area contributed by atoms with Gasteiger partial charge in [0.2, 0.25) is 0 Å². The number of pyridine rings is 1. The number of benzene rings is 1. The summed E-state index contributed by atoms with van der Waals surface area (Å²) in [5.41, 5.74) is 3.47. The molecule has 1 fully saturated rings. The molecule has 122 valence electrons. The van der Waals surface area contributed by atoms with E-state index in [1.807, 2.05) is 24.4 Å².